The first-order valence-electron chi connectivity index (χ1n) is 8.51. The number of amides is 1. The number of carbonyl (C=O) groups is 1. The van der Waals surface area contributed by atoms with Gasteiger partial charge in [0.2, 0.25) is 5.91 Å². The van der Waals surface area contributed by atoms with E-state index in [0.29, 0.717) is 24.9 Å². The van der Waals surface area contributed by atoms with Gasteiger partial charge in [-0.3, -0.25) is 14.7 Å². The van der Waals surface area contributed by atoms with E-state index in [9.17, 15) is 4.79 Å². The molecule has 3 rings (SSSR count). The lowest BCUT2D eigenvalue weighted by molar-refractivity contribution is -0.131. The van der Waals surface area contributed by atoms with E-state index in [1.165, 1.54) is 0 Å². The quantitative estimate of drug-likeness (QED) is 0.788. The van der Waals surface area contributed by atoms with Gasteiger partial charge < -0.3 is 14.3 Å². The van der Waals surface area contributed by atoms with E-state index in [0.717, 1.165) is 30.8 Å². The van der Waals surface area contributed by atoms with Gasteiger partial charge in [0.25, 0.3) is 0 Å². The summed E-state index contributed by atoms with van der Waals surface area (Å²) in [4.78, 5) is 22.6. The van der Waals surface area contributed by atoms with E-state index < -0.39 is 0 Å². The average Bonchev–Trinajstić information content (AvgIpc) is 3.25. The maximum Gasteiger partial charge on any atom is 0.236 e. The molecule has 0 radical (unpaired) electrons. The van der Waals surface area contributed by atoms with Gasteiger partial charge in [-0.15, -0.1) is 0 Å². The number of hydrogen-bond donors (Lipinski definition) is 0. The molecule has 0 unspecified atom stereocenters. The first kappa shape index (κ1) is 17.6. The zero-order chi connectivity index (χ0) is 17.8. The Morgan fingerprint density at radius 3 is 2.76 bits per heavy atom. The van der Waals surface area contributed by atoms with Crippen LogP contribution >= 0.6 is 0 Å². The van der Waals surface area contributed by atoms with Crippen molar-refractivity contribution in [1.29, 1.82) is 0 Å². The lowest BCUT2D eigenvalue weighted by Crippen LogP contribution is -2.38. The van der Waals surface area contributed by atoms with Crippen molar-refractivity contribution in [3.05, 3.63) is 36.4 Å². The van der Waals surface area contributed by atoms with E-state index in [1.807, 2.05) is 18.2 Å². The van der Waals surface area contributed by atoms with Crippen molar-refractivity contribution < 1.29 is 9.32 Å². The molecule has 1 amide bonds. The van der Waals surface area contributed by atoms with Crippen LogP contribution in [0.2, 0.25) is 0 Å². The number of aromatic nitrogens is 2. The average molecular weight is 343 g/mol. The number of pyridine rings is 1. The van der Waals surface area contributed by atoms with Crippen molar-refractivity contribution in [2.75, 3.05) is 40.8 Å². The molecule has 3 heterocycles. The molecule has 1 aliphatic rings. The number of likely N-dealkylation sites (tertiary alicyclic amines) is 1. The van der Waals surface area contributed by atoms with Crippen molar-refractivity contribution in [3.63, 3.8) is 0 Å². The maximum atomic E-state index is 12.5. The van der Waals surface area contributed by atoms with Crippen LogP contribution in [0.5, 0.6) is 0 Å². The summed E-state index contributed by atoms with van der Waals surface area (Å²) in [5.74, 6) is 0.775. The van der Waals surface area contributed by atoms with Crippen molar-refractivity contribution in [3.8, 4) is 11.3 Å². The third-order valence-electron chi connectivity index (χ3n) is 4.69. The molecule has 7 nitrogen and oxygen atoms in total. The highest BCUT2D eigenvalue weighted by Gasteiger charge is 2.26. The molecule has 0 N–H and O–H groups in total. The largest absolute Gasteiger partial charge is 0.359 e. The zero-order valence-electron chi connectivity index (χ0n) is 15.1. The lowest BCUT2D eigenvalue weighted by atomic mass is 10.2. The smallest absolute Gasteiger partial charge is 0.236 e. The molecule has 25 heavy (non-hydrogen) atoms. The van der Waals surface area contributed by atoms with Gasteiger partial charge in [0.1, 0.15) is 5.69 Å². The predicted octanol–water partition coefficient (Wildman–Crippen LogP) is 1.33. The molecule has 1 atom stereocenters. The van der Waals surface area contributed by atoms with Crippen molar-refractivity contribution in [1.82, 2.24) is 24.8 Å². The van der Waals surface area contributed by atoms with Crippen molar-refractivity contribution >= 4 is 5.91 Å². The third-order valence-corrected chi connectivity index (χ3v) is 4.69. The molecule has 0 saturated carbocycles. The summed E-state index contributed by atoms with van der Waals surface area (Å²) in [6, 6.07) is 6.17. The minimum Gasteiger partial charge on any atom is -0.359 e. The molecule has 0 aliphatic carbocycles. The van der Waals surface area contributed by atoms with E-state index >= 15 is 0 Å². The topological polar surface area (TPSA) is 65.7 Å². The van der Waals surface area contributed by atoms with Gasteiger partial charge in [-0.05, 0) is 32.6 Å². The minimum atomic E-state index is 0.0984. The highest BCUT2D eigenvalue weighted by molar-refractivity contribution is 5.78. The summed E-state index contributed by atoms with van der Waals surface area (Å²) in [7, 11) is 5.98. The van der Waals surface area contributed by atoms with Gasteiger partial charge >= 0.3 is 0 Å². The summed E-state index contributed by atoms with van der Waals surface area (Å²) in [6.45, 7) is 2.78. The van der Waals surface area contributed by atoms with Gasteiger partial charge in [0, 0.05) is 50.2 Å². The van der Waals surface area contributed by atoms with Crippen molar-refractivity contribution in [2.24, 2.45) is 0 Å². The Kier molecular flexibility index (Phi) is 5.45. The molecular weight excluding hydrogens is 318 g/mol. The summed E-state index contributed by atoms with van der Waals surface area (Å²) in [6.07, 6.45) is 4.55. The van der Waals surface area contributed by atoms with Gasteiger partial charge in [0.15, 0.2) is 5.76 Å². The maximum absolute atomic E-state index is 12.5. The second-order valence-corrected chi connectivity index (χ2v) is 6.81. The Morgan fingerprint density at radius 1 is 1.32 bits per heavy atom. The SMILES string of the molecule is CN(Cc1cc(-c2ccncc2)no1)C(=O)CN1CC[C@@H](N(C)C)C1. The Morgan fingerprint density at radius 2 is 2.08 bits per heavy atom. The van der Waals surface area contributed by atoms with Crippen LogP contribution in [0.3, 0.4) is 0 Å². The summed E-state index contributed by atoms with van der Waals surface area (Å²) in [5, 5.41) is 4.07. The fourth-order valence-electron chi connectivity index (χ4n) is 3.06. The molecule has 1 saturated heterocycles. The molecule has 1 aliphatic heterocycles. The molecule has 0 bridgehead atoms. The second-order valence-electron chi connectivity index (χ2n) is 6.81. The summed E-state index contributed by atoms with van der Waals surface area (Å²) in [5.41, 5.74) is 1.71. The van der Waals surface area contributed by atoms with Crippen LogP contribution in [-0.2, 0) is 11.3 Å². The van der Waals surface area contributed by atoms with Crippen LogP contribution in [0, 0.1) is 0 Å². The van der Waals surface area contributed by atoms with Crippen LogP contribution in [0.1, 0.15) is 12.2 Å². The van der Waals surface area contributed by atoms with E-state index in [4.69, 9.17) is 4.52 Å². The molecule has 1 fully saturated rings. The lowest BCUT2D eigenvalue weighted by Gasteiger charge is -2.22. The Balaban J connectivity index is 1.53. The standard InChI is InChI=1S/C18H25N5O2/c1-21(2)15-6-9-23(11-15)13-18(24)22(3)12-16-10-17(20-25-16)14-4-7-19-8-5-14/h4-5,7-8,10,15H,6,9,11-13H2,1-3H3/t15-/m1/s1. The van der Waals surface area contributed by atoms with Crippen LogP contribution in [0.25, 0.3) is 11.3 Å². The van der Waals surface area contributed by atoms with Gasteiger partial charge in [-0.1, -0.05) is 5.16 Å². The predicted molar refractivity (Wildman–Crippen MR) is 94.7 cm³/mol. The first-order chi connectivity index (χ1) is 12.0. The van der Waals surface area contributed by atoms with Crippen LogP contribution in [0.4, 0.5) is 0 Å². The minimum absolute atomic E-state index is 0.0984. The highest BCUT2D eigenvalue weighted by atomic mass is 16.5. The molecule has 0 spiro atoms. The molecule has 0 aromatic carbocycles. The van der Waals surface area contributed by atoms with Gasteiger partial charge in [-0.2, -0.15) is 0 Å². The number of likely N-dealkylation sites (N-methyl/N-ethyl adjacent to an activating group) is 2. The van der Waals surface area contributed by atoms with Gasteiger partial charge in [0.05, 0.1) is 13.1 Å². The van der Waals surface area contributed by atoms with E-state index in [2.05, 4.69) is 34.0 Å². The zero-order valence-corrected chi connectivity index (χ0v) is 15.1. The fraction of sp³-hybridized carbons (Fsp3) is 0.500. The number of rotatable bonds is 6. The molecule has 2 aromatic heterocycles. The Labute approximate surface area is 148 Å². The highest BCUT2D eigenvalue weighted by Crippen LogP contribution is 2.19. The third kappa shape index (κ3) is 4.43. The van der Waals surface area contributed by atoms with Crippen molar-refractivity contribution in [2.45, 2.75) is 19.0 Å². The molecule has 2 aromatic rings. The molecular formula is C18H25N5O2. The Hall–Kier alpha value is -2.25. The second kappa shape index (κ2) is 7.76. The first-order valence-corrected chi connectivity index (χ1v) is 8.51. The fourth-order valence-corrected chi connectivity index (χ4v) is 3.06. The van der Waals surface area contributed by atoms with Crippen LogP contribution < -0.4 is 0 Å². The van der Waals surface area contributed by atoms with Crippen LogP contribution in [-0.4, -0.2) is 77.6 Å². The van der Waals surface area contributed by atoms with E-state index in [-0.39, 0.29) is 5.91 Å². The molecule has 134 valence electrons. The normalized spacial score (nSPS) is 18.0. The number of carbonyl (C=O) groups excluding carboxylic acids is 1. The number of hydrogen-bond acceptors (Lipinski definition) is 6. The van der Waals surface area contributed by atoms with E-state index in [1.54, 1.807) is 24.3 Å². The van der Waals surface area contributed by atoms with Gasteiger partial charge in [-0.25, -0.2) is 0 Å². The number of nitrogens with zero attached hydrogens (tertiary/aromatic N) is 5. The summed E-state index contributed by atoms with van der Waals surface area (Å²) >= 11 is 0. The van der Waals surface area contributed by atoms with Crippen LogP contribution in [0.15, 0.2) is 35.1 Å². The monoisotopic (exact) mass is 343 g/mol. The summed E-state index contributed by atoms with van der Waals surface area (Å²) < 4.78 is 5.37. The Bertz CT molecular complexity index is 701. The molecule has 7 heteroatoms.